The zero-order valence-corrected chi connectivity index (χ0v) is 9.55. The third kappa shape index (κ3) is 2.94. The first-order chi connectivity index (χ1) is 7.60. The quantitative estimate of drug-likeness (QED) is 0.459. The highest BCUT2D eigenvalue weighted by Gasteiger charge is 2.30. The Morgan fingerprint density at radius 3 is 2.38 bits per heavy atom. The molecule has 2 atom stereocenters. The molecule has 88 valence electrons. The summed E-state index contributed by atoms with van der Waals surface area (Å²) in [5.41, 5.74) is 0.438. The molecule has 0 unspecified atom stereocenters. The molecule has 1 aromatic carbocycles. The molecule has 6 heteroatoms. The number of benzene rings is 1. The number of rotatable bonds is 5. The second kappa shape index (κ2) is 5.83. The number of hydrogen-bond donors (Lipinski definition) is 2. The smallest absolute Gasteiger partial charge is 0.265 e. The van der Waals surface area contributed by atoms with Crippen LogP contribution >= 0.6 is 11.8 Å². The molecule has 1 rings (SSSR count). The molecule has 0 amide bonds. The predicted molar refractivity (Wildman–Crippen MR) is 61.1 cm³/mol. The Morgan fingerprint density at radius 1 is 1.44 bits per heavy atom. The van der Waals surface area contributed by atoms with E-state index in [-0.39, 0.29) is 0 Å². The van der Waals surface area contributed by atoms with E-state index in [0.29, 0.717) is 5.56 Å². The fourth-order valence-electron chi connectivity index (χ4n) is 1.31. The molecule has 16 heavy (non-hydrogen) atoms. The molecule has 0 radical (unpaired) electrons. The molecule has 0 fully saturated rings. The van der Waals surface area contributed by atoms with Gasteiger partial charge in [-0.1, -0.05) is 12.1 Å². The van der Waals surface area contributed by atoms with Crippen LogP contribution in [0, 0.1) is 10.1 Å². The van der Waals surface area contributed by atoms with Crippen molar-refractivity contribution in [2.75, 3.05) is 12.9 Å². The molecule has 5 nitrogen and oxygen atoms in total. The Labute approximate surface area is 97.3 Å². The zero-order chi connectivity index (χ0) is 12.1. The van der Waals surface area contributed by atoms with Crippen LogP contribution in [0.25, 0.3) is 0 Å². The van der Waals surface area contributed by atoms with Gasteiger partial charge in [0, 0.05) is 9.82 Å². The van der Waals surface area contributed by atoms with Crippen LogP contribution in [0.1, 0.15) is 11.7 Å². The average Bonchev–Trinajstić information content (AvgIpc) is 2.29. The van der Waals surface area contributed by atoms with E-state index < -0.39 is 23.7 Å². The number of hydrogen-bond acceptors (Lipinski definition) is 5. The average molecular weight is 243 g/mol. The van der Waals surface area contributed by atoms with Gasteiger partial charge in [0.25, 0.3) is 6.04 Å². The van der Waals surface area contributed by atoms with Crippen LogP contribution in [0.5, 0.6) is 0 Å². The Kier molecular flexibility index (Phi) is 4.72. The molecular weight excluding hydrogens is 230 g/mol. The van der Waals surface area contributed by atoms with Gasteiger partial charge < -0.3 is 10.2 Å². The minimum Gasteiger partial charge on any atom is -0.389 e. The van der Waals surface area contributed by atoms with Crippen molar-refractivity contribution in [3.8, 4) is 0 Å². The third-order valence-corrected chi connectivity index (χ3v) is 3.02. The topological polar surface area (TPSA) is 83.6 Å². The van der Waals surface area contributed by atoms with Crippen molar-refractivity contribution in [1.29, 1.82) is 0 Å². The van der Waals surface area contributed by atoms with E-state index in [1.807, 2.05) is 6.26 Å². The van der Waals surface area contributed by atoms with Gasteiger partial charge in [-0.2, -0.15) is 0 Å². The van der Waals surface area contributed by atoms with Crippen molar-refractivity contribution in [3.05, 3.63) is 39.9 Å². The molecule has 0 aliphatic carbocycles. The lowest BCUT2D eigenvalue weighted by Crippen LogP contribution is -2.31. The van der Waals surface area contributed by atoms with Crippen molar-refractivity contribution in [1.82, 2.24) is 0 Å². The Morgan fingerprint density at radius 2 is 2.00 bits per heavy atom. The van der Waals surface area contributed by atoms with Gasteiger partial charge in [-0.25, -0.2) is 0 Å². The molecule has 0 bridgehead atoms. The molecule has 0 aromatic heterocycles. The van der Waals surface area contributed by atoms with E-state index >= 15 is 0 Å². The van der Waals surface area contributed by atoms with Crippen molar-refractivity contribution in [2.45, 2.75) is 17.0 Å². The first kappa shape index (κ1) is 13.0. The third-order valence-electron chi connectivity index (χ3n) is 2.28. The number of aliphatic hydroxyl groups is 2. The molecular formula is C10H13NO4S. The Bertz CT molecular complexity index is 354. The normalized spacial score (nSPS) is 14.4. The fraction of sp³-hybridized carbons (Fsp3) is 0.400. The maximum atomic E-state index is 10.5. The van der Waals surface area contributed by atoms with Crippen molar-refractivity contribution >= 4 is 11.8 Å². The second-order valence-corrected chi connectivity index (χ2v) is 4.13. The number of aliphatic hydroxyl groups excluding tert-OH is 2. The van der Waals surface area contributed by atoms with Crippen LogP contribution in [0.15, 0.2) is 29.2 Å². The highest BCUT2D eigenvalue weighted by Crippen LogP contribution is 2.22. The van der Waals surface area contributed by atoms with E-state index in [1.54, 1.807) is 36.0 Å². The fourth-order valence-corrected chi connectivity index (χ4v) is 1.71. The van der Waals surface area contributed by atoms with Gasteiger partial charge in [-0.3, -0.25) is 10.1 Å². The summed E-state index contributed by atoms with van der Waals surface area (Å²) < 4.78 is 0. The highest BCUT2D eigenvalue weighted by atomic mass is 32.2. The summed E-state index contributed by atoms with van der Waals surface area (Å²) in [6.07, 6.45) is 0.634. The van der Waals surface area contributed by atoms with Crippen molar-refractivity contribution in [2.24, 2.45) is 0 Å². The summed E-state index contributed by atoms with van der Waals surface area (Å²) in [6, 6.07) is 5.43. The Balaban J connectivity index is 2.86. The SMILES string of the molecule is CSc1ccc([C@@H](O)[C@@H](CO)[N+](=O)[O-])cc1. The number of thioether (sulfide) groups is 1. The summed E-state index contributed by atoms with van der Waals surface area (Å²) in [6.45, 7) is -0.682. The highest BCUT2D eigenvalue weighted by molar-refractivity contribution is 7.98. The standard InChI is InChI=1S/C10H13NO4S/c1-16-8-4-2-7(3-5-8)10(13)9(6-12)11(14)15/h2-5,9-10,12-13H,6H2,1H3/t9-,10-/m1/s1. The van der Waals surface area contributed by atoms with Crippen LogP contribution in [-0.2, 0) is 0 Å². The predicted octanol–water partition coefficient (Wildman–Crippen LogP) is 1.08. The van der Waals surface area contributed by atoms with E-state index in [4.69, 9.17) is 5.11 Å². The zero-order valence-electron chi connectivity index (χ0n) is 8.74. The summed E-state index contributed by atoms with van der Waals surface area (Å²) >= 11 is 1.54. The largest absolute Gasteiger partial charge is 0.389 e. The van der Waals surface area contributed by atoms with Gasteiger partial charge in [-0.15, -0.1) is 11.8 Å². The van der Waals surface area contributed by atoms with E-state index in [2.05, 4.69) is 0 Å². The number of nitrogens with zero attached hydrogens (tertiary/aromatic N) is 1. The van der Waals surface area contributed by atoms with E-state index in [0.717, 1.165) is 4.90 Å². The van der Waals surface area contributed by atoms with Gasteiger partial charge in [0.15, 0.2) is 0 Å². The lowest BCUT2D eigenvalue weighted by atomic mass is 10.0. The van der Waals surface area contributed by atoms with Crippen LogP contribution < -0.4 is 0 Å². The Hall–Kier alpha value is -1.11. The maximum absolute atomic E-state index is 10.5. The van der Waals surface area contributed by atoms with Gasteiger partial charge in [0.1, 0.15) is 12.7 Å². The van der Waals surface area contributed by atoms with Gasteiger partial charge in [-0.05, 0) is 24.0 Å². The molecule has 0 aliphatic rings. The van der Waals surface area contributed by atoms with Crippen molar-refractivity contribution < 1.29 is 15.1 Å². The van der Waals surface area contributed by atoms with Gasteiger partial charge in [0.2, 0.25) is 0 Å². The molecule has 0 aliphatic heterocycles. The molecule has 2 N–H and O–H groups in total. The number of nitro groups is 1. The summed E-state index contributed by atoms with van der Waals surface area (Å²) in [7, 11) is 0. The van der Waals surface area contributed by atoms with Crippen LogP contribution in [0.2, 0.25) is 0 Å². The van der Waals surface area contributed by atoms with E-state index in [9.17, 15) is 15.2 Å². The monoisotopic (exact) mass is 243 g/mol. The van der Waals surface area contributed by atoms with E-state index in [1.165, 1.54) is 0 Å². The van der Waals surface area contributed by atoms with Crippen LogP contribution in [0.3, 0.4) is 0 Å². The minimum absolute atomic E-state index is 0.438. The molecule has 1 aromatic rings. The molecule has 0 saturated heterocycles. The maximum Gasteiger partial charge on any atom is 0.265 e. The summed E-state index contributed by atoms with van der Waals surface area (Å²) in [5.74, 6) is 0. The van der Waals surface area contributed by atoms with Crippen LogP contribution in [-0.4, -0.2) is 34.0 Å². The minimum atomic E-state index is -1.37. The molecule has 0 spiro atoms. The first-order valence-corrected chi connectivity index (χ1v) is 5.89. The molecule has 0 saturated carbocycles. The van der Waals surface area contributed by atoms with Gasteiger partial charge in [0.05, 0.1) is 0 Å². The van der Waals surface area contributed by atoms with Gasteiger partial charge >= 0.3 is 0 Å². The lowest BCUT2D eigenvalue weighted by Gasteiger charge is -2.14. The van der Waals surface area contributed by atoms with Crippen LogP contribution in [0.4, 0.5) is 0 Å². The van der Waals surface area contributed by atoms with Crippen molar-refractivity contribution in [3.63, 3.8) is 0 Å². The molecule has 0 heterocycles. The summed E-state index contributed by atoms with van der Waals surface area (Å²) in [5, 5.41) is 29.1. The lowest BCUT2D eigenvalue weighted by molar-refractivity contribution is -0.539. The summed E-state index contributed by atoms with van der Waals surface area (Å²) in [4.78, 5) is 10.9. The second-order valence-electron chi connectivity index (χ2n) is 3.25. The first-order valence-electron chi connectivity index (χ1n) is 4.66.